The van der Waals surface area contributed by atoms with Crippen molar-refractivity contribution in [2.24, 2.45) is 11.0 Å². The number of hydrogen-bond acceptors (Lipinski definition) is 2. The topological polar surface area (TPSA) is 69.1 Å². The van der Waals surface area contributed by atoms with E-state index in [0.717, 1.165) is 12.1 Å². The van der Waals surface area contributed by atoms with Gasteiger partial charge in [0.25, 0.3) is 6.65 Å². The fourth-order valence-electron chi connectivity index (χ4n) is 0.870. The molecule has 1 aromatic carbocycles. The van der Waals surface area contributed by atoms with Crippen LogP contribution in [0.1, 0.15) is 5.56 Å². The van der Waals surface area contributed by atoms with E-state index in [-0.39, 0.29) is 0 Å². The average molecular weight is 256 g/mol. The number of rotatable bonds is 2. The van der Waals surface area contributed by atoms with Gasteiger partial charge in [-0.15, -0.1) is 0 Å². The van der Waals surface area contributed by atoms with Crippen LogP contribution in [0.3, 0.4) is 0 Å². The number of halogens is 3. The molecule has 0 saturated carbocycles. The van der Waals surface area contributed by atoms with Crippen molar-refractivity contribution in [1.82, 2.24) is 0 Å². The summed E-state index contributed by atoms with van der Waals surface area (Å²) in [5.74, 6) is 0. The molecule has 0 spiro atoms. The maximum atomic E-state index is 12.1. The second-order valence-corrected chi connectivity index (χ2v) is 6.96. The van der Waals surface area contributed by atoms with Crippen LogP contribution in [0.4, 0.5) is 13.2 Å². The zero-order chi connectivity index (χ0) is 11.7. The van der Waals surface area contributed by atoms with Gasteiger partial charge in [-0.3, -0.25) is 15.6 Å². The van der Waals surface area contributed by atoms with Crippen molar-refractivity contribution in [2.75, 3.05) is 0 Å². The third-order valence-electron chi connectivity index (χ3n) is 1.43. The molecular formula is C7H8F3N2OPS. The first-order chi connectivity index (χ1) is 6.68. The summed E-state index contributed by atoms with van der Waals surface area (Å²) in [7, 11) is 0. The molecule has 0 unspecified atom stereocenters. The highest BCUT2D eigenvalue weighted by Crippen LogP contribution is 2.48. The van der Waals surface area contributed by atoms with Crippen LogP contribution in [0.15, 0.2) is 29.2 Å². The van der Waals surface area contributed by atoms with Crippen molar-refractivity contribution in [2.45, 2.75) is 11.1 Å². The van der Waals surface area contributed by atoms with Crippen LogP contribution in [-0.4, -0.2) is 0 Å². The molecule has 15 heavy (non-hydrogen) atoms. The average Bonchev–Trinajstić information content (AvgIpc) is 2.00. The summed E-state index contributed by atoms with van der Waals surface area (Å²) in [5, 5.41) is 0. The number of benzene rings is 1. The highest BCUT2D eigenvalue weighted by atomic mass is 32.7. The predicted octanol–water partition coefficient (Wildman–Crippen LogP) is 2.82. The highest BCUT2D eigenvalue weighted by Gasteiger charge is 2.30. The maximum Gasteiger partial charge on any atom is 0.416 e. The first-order valence-corrected chi connectivity index (χ1v) is 6.99. The van der Waals surface area contributed by atoms with Crippen LogP contribution in [0.25, 0.3) is 0 Å². The van der Waals surface area contributed by atoms with Gasteiger partial charge in [-0.25, -0.2) is 0 Å². The molecule has 0 radical (unpaired) electrons. The van der Waals surface area contributed by atoms with Crippen molar-refractivity contribution in [3.63, 3.8) is 0 Å². The zero-order valence-electron chi connectivity index (χ0n) is 7.36. The molecule has 0 bridgehead atoms. The van der Waals surface area contributed by atoms with E-state index in [0.29, 0.717) is 16.3 Å². The van der Waals surface area contributed by atoms with E-state index in [4.69, 9.17) is 11.0 Å². The Labute approximate surface area is 88.2 Å². The lowest BCUT2D eigenvalue weighted by molar-refractivity contribution is -0.137. The lowest BCUT2D eigenvalue weighted by atomic mass is 10.2. The molecule has 0 heterocycles. The van der Waals surface area contributed by atoms with E-state index in [1.54, 1.807) is 0 Å². The fraction of sp³-hybridized carbons (Fsp3) is 0.143. The molecule has 1 aromatic rings. The van der Waals surface area contributed by atoms with Crippen LogP contribution >= 0.6 is 18.0 Å². The SMILES string of the molecule is NP(N)(=O)Sc1ccc(C(F)(F)F)cc1. The third-order valence-corrected chi connectivity index (χ3v) is 3.69. The van der Waals surface area contributed by atoms with Gasteiger partial charge < -0.3 is 0 Å². The van der Waals surface area contributed by atoms with Crippen LogP contribution in [0.2, 0.25) is 0 Å². The summed E-state index contributed by atoms with van der Waals surface area (Å²) in [6, 6.07) is 4.13. The van der Waals surface area contributed by atoms with Crippen LogP contribution in [0, 0.1) is 0 Å². The van der Waals surface area contributed by atoms with Gasteiger partial charge in [0, 0.05) is 4.90 Å². The molecule has 0 amide bonds. The van der Waals surface area contributed by atoms with Crippen molar-refractivity contribution < 1.29 is 17.7 Å². The van der Waals surface area contributed by atoms with Gasteiger partial charge in [0.1, 0.15) is 0 Å². The Kier molecular flexibility index (Phi) is 3.50. The molecular weight excluding hydrogens is 248 g/mol. The smallest absolute Gasteiger partial charge is 0.277 e. The van der Waals surface area contributed by atoms with E-state index in [2.05, 4.69) is 0 Å². The summed E-state index contributed by atoms with van der Waals surface area (Å²) in [6.45, 7) is -3.31. The van der Waals surface area contributed by atoms with Crippen molar-refractivity contribution in [3.05, 3.63) is 29.8 Å². The molecule has 8 heteroatoms. The van der Waals surface area contributed by atoms with Gasteiger partial charge in [-0.1, -0.05) is 0 Å². The molecule has 0 fully saturated rings. The Morgan fingerprint density at radius 1 is 1.13 bits per heavy atom. The van der Waals surface area contributed by atoms with Gasteiger partial charge in [0.05, 0.1) is 5.56 Å². The Morgan fingerprint density at radius 2 is 1.60 bits per heavy atom. The Hall–Kier alpha value is -0.490. The summed E-state index contributed by atoms with van der Waals surface area (Å²) in [6.07, 6.45) is -4.38. The second kappa shape index (κ2) is 4.17. The lowest BCUT2D eigenvalue weighted by Crippen LogP contribution is -2.04. The second-order valence-electron chi connectivity index (χ2n) is 2.76. The van der Waals surface area contributed by atoms with E-state index in [9.17, 15) is 17.7 Å². The monoisotopic (exact) mass is 256 g/mol. The molecule has 4 N–H and O–H groups in total. The van der Waals surface area contributed by atoms with Crippen LogP contribution in [-0.2, 0) is 10.7 Å². The number of alkyl halides is 3. The van der Waals surface area contributed by atoms with Crippen molar-refractivity contribution in [3.8, 4) is 0 Å². The molecule has 0 aliphatic heterocycles. The largest absolute Gasteiger partial charge is 0.416 e. The van der Waals surface area contributed by atoms with Crippen molar-refractivity contribution in [1.29, 1.82) is 0 Å². The molecule has 0 atom stereocenters. The zero-order valence-corrected chi connectivity index (χ0v) is 9.07. The minimum absolute atomic E-state index is 0.344. The minimum atomic E-state index is -4.38. The Balaban J connectivity index is 2.87. The van der Waals surface area contributed by atoms with E-state index < -0.39 is 18.4 Å². The van der Waals surface area contributed by atoms with Gasteiger partial charge in [-0.2, -0.15) is 13.2 Å². The first-order valence-electron chi connectivity index (χ1n) is 3.72. The minimum Gasteiger partial charge on any atom is -0.277 e. The van der Waals surface area contributed by atoms with E-state index in [1.165, 1.54) is 12.1 Å². The molecule has 0 aromatic heterocycles. The first kappa shape index (κ1) is 12.6. The fourth-order valence-corrected chi connectivity index (χ4v) is 2.81. The van der Waals surface area contributed by atoms with Crippen LogP contribution < -0.4 is 11.0 Å². The molecule has 84 valence electrons. The Bertz CT molecular complexity index is 386. The summed E-state index contributed by atoms with van der Waals surface area (Å²) >= 11 is 0.664. The number of hydrogen-bond donors (Lipinski definition) is 2. The van der Waals surface area contributed by atoms with E-state index >= 15 is 0 Å². The molecule has 0 aliphatic rings. The van der Waals surface area contributed by atoms with Gasteiger partial charge >= 0.3 is 6.18 Å². The van der Waals surface area contributed by atoms with Gasteiger partial charge in [-0.05, 0) is 35.6 Å². The summed E-state index contributed by atoms with van der Waals surface area (Å²) in [4.78, 5) is 0.344. The molecule has 0 saturated heterocycles. The number of nitrogens with two attached hydrogens (primary N) is 2. The van der Waals surface area contributed by atoms with E-state index in [1.807, 2.05) is 0 Å². The van der Waals surface area contributed by atoms with Gasteiger partial charge in [0.2, 0.25) is 0 Å². The van der Waals surface area contributed by atoms with Crippen molar-refractivity contribution >= 4 is 18.0 Å². The molecule has 3 nitrogen and oxygen atoms in total. The molecule has 1 rings (SSSR count). The normalized spacial score (nSPS) is 12.9. The predicted molar refractivity (Wildman–Crippen MR) is 53.3 cm³/mol. The Morgan fingerprint density at radius 3 is 1.93 bits per heavy atom. The lowest BCUT2D eigenvalue weighted by Gasteiger charge is -2.08. The standard InChI is InChI=1S/C7H8F3N2OPS/c8-7(9,10)5-1-3-6(4-2-5)15-14(11,12)13/h1-4H,(H4,11,12,13). The quantitative estimate of drug-likeness (QED) is 0.798. The molecule has 0 aliphatic carbocycles. The van der Waals surface area contributed by atoms with Crippen LogP contribution in [0.5, 0.6) is 0 Å². The summed E-state index contributed by atoms with van der Waals surface area (Å²) in [5.41, 5.74) is 9.36. The highest BCUT2D eigenvalue weighted by molar-refractivity contribution is 8.56. The maximum absolute atomic E-state index is 12.1. The third kappa shape index (κ3) is 4.25. The summed E-state index contributed by atoms with van der Waals surface area (Å²) < 4.78 is 47.4. The van der Waals surface area contributed by atoms with Gasteiger partial charge in [0.15, 0.2) is 0 Å².